The van der Waals surface area contributed by atoms with Crippen molar-refractivity contribution < 1.29 is 9.59 Å². The first-order valence-electron chi connectivity index (χ1n) is 6.66. The number of nitrogens with one attached hydrogen (secondary N) is 1. The summed E-state index contributed by atoms with van der Waals surface area (Å²) in [6.07, 6.45) is 0.944. The third kappa shape index (κ3) is 3.54. The molecule has 0 aliphatic rings. The summed E-state index contributed by atoms with van der Waals surface area (Å²) in [4.78, 5) is 23.8. The van der Waals surface area contributed by atoms with Crippen molar-refractivity contribution in [1.82, 2.24) is 5.32 Å². The highest BCUT2D eigenvalue weighted by atomic mass is 16.2. The second-order valence-electron chi connectivity index (χ2n) is 4.52. The number of hydrogen-bond acceptors (Lipinski definition) is 2. The molecule has 2 aromatic carbocycles. The molecular formula is C17H17NO2. The van der Waals surface area contributed by atoms with E-state index in [-0.39, 0.29) is 18.2 Å². The number of hydrogen-bond donors (Lipinski definition) is 1. The van der Waals surface area contributed by atoms with Crippen molar-refractivity contribution in [3.05, 3.63) is 71.3 Å². The van der Waals surface area contributed by atoms with Gasteiger partial charge in [-0.25, -0.2) is 0 Å². The molecule has 0 radical (unpaired) electrons. The third-order valence-corrected chi connectivity index (χ3v) is 3.13. The van der Waals surface area contributed by atoms with Crippen LogP contribution < -0.4 is 5.32 Å². The van der Waals surface area contributed by atoms with Crippen LogP contribution in [0.2, 0.25) is 0 Å². The fourth-order valence-corrected chi connectivity index (χ4v) is 1.88. The molecule has 0 fully saturated rings. The van der Waals surface area contributed by atoms with E-state index in [4.69, 9.17) is 0 Å². The van der Waals surface area contributed by atoms with Gasteiger partial charge in [0.15, 0.2) is 5.78 Å². The largest absolute Gasteiger partial charge is 0.345 e. The molecule has 3 nitrogen and oxygen atoms in total. The first-order chi connectivity index (χ1) is 9.70. The molecule has 3 heteroatoms. The Labute approximate surface area is 118 Å². The number of aryl methyl sites for hydroxylation is 1. The van der Waals surface area contributed by atoms with Crippen LogP contribution in [-0.2, 0) is 6.42 Å². The zero-order valence-corrected chi connectivity index (χ0v) is 11.4. The van der Waals surface area contributed by atoms with Crippen LogP contribution in [0.15, 0.2) is 54.6 Å². The van der Waals surface area contributed by atoms with Gasteiger partial charge in [-0.2, -0.15) is 0 Å². The van der Waals surface area contributed by atoms with Crippen molar-refractivity contribution in [2.75, 3.05) is 6.54 Å². The van der Waals surface area contributed by atoms with Crippen molar-refractivity contribution in [3.63, 3.8) is 0 Å². The van der Waals surface area contributed by atoms with Crippen molar-refractivity contribution in [1.29, 1.82) is 0 Å². The van der Waals surface area contributed by atoms with E-state index in [0.29, 0.717) is 11.1 Å². The van der Waals surface area contributed by atoms with Crippen molar-refractivity contribution >= 4 is 11.7 Å². The maximum Gasteiger partial charge on any atom is 0.251 e. The maximum atomic E-state index is 12.0. The molecule has 0 unspecified atom stereocenters. The lowest BCUT2D eigenvalue weighted by atomic mass is 10.1. The minimum atomic E-state index is -0.232. The molecular weight excluding hydrogens is 250 g/mol. The van der Waals surface area contributed by atoms with Crippen molar-refractivity contribution in [3.8, 4) is 0 Å². The van der Waals surface area contributed by atoms with Crippen molar-refractivity contribution in [2.24, 2.45) is 0 Å². The molecule has 0 spiro atoms. The van der Waals surface area contributed by atoms with Gasteiger partial charge in [0, 0.05) is 11.1 Å². The predicted molar refractivity (Wildman–Crippen MR) is 78.9 cm³/mol. The summed E-state index contributed by atoms with van der Waals surface area (Å²) in [6, 6.07) is 16.3. The summed E-state index contributed by atoms with van der Waals surface area (Å²) in [5.74, 6) is -0.318. The molecule has 0 atom stereocenters. The summed E-state index contributed by atoms with van der Waals surface area (Å²) in [6.45, 7) is 2.08. The predicted octanol–water partition coefficient (Wildman–Crippen LogP) is 2.86. The Morgan fingerprint density at radius 1 is 0.900 bits per heavy atom. The van der Waals surface area contributed by atoms with E-state index in [2.05, 4.69) is 12.2 Å². The van der Waals surface area contributed by atoms with Gasteiger partial charge < -0.3 is 5.32 Å². The van der Waals surface area contributed by atoms with Gasteiger partial charge in [-0.05, 0) is 24.1 Å². The highest BCUT2D eigenvalue weighted by Gasteiger charge is 2.09. The van der Waals surface area contributed by atoms with Crippen LogP contribution in [0.4, 0.5) is 0 Å². The number of rotatable bonds is 5. The number of benzene rings is 2. The number of ketones is 1. The summed E-state index contributed by atoms with van der Waals surface area (Å²) in [7, 11) is 0. The summed E-state index contributed by atoms with van der Waals surface area (Å²) >= 11 is 0. The Balaban J connectivity index is 1.93. The van der Waals surface area contributed by atoms with Crippen LogP contribution in [0, 0.1) is 0 Å². The number of amides is 1. The summed E-state index contributed by atoms with van der Waals surface area (Å²) < 4.78 is 0. The first-order valence-corrected chi connectivity index (χ1v) is 6.66. The van der Waals surface area contributed by atoms with E-state index in [0.717, 1.165) is 6.42 Å². The van der Waals surface area contributed by atoms with Crippen LogP contribution >= 0.6 is 0 Å². The average molecular weight is 267 g/mol. The molecule has 2 rings (SSSR count). The summed E-state index contributed by atoms with van der Waals surface area (Å²) in [5.41, 5.74) is 2.37. The topological polar surface area (TPSA) is 46.2 Å². The monoisotopic (exact) mass is 267 g/mol. The van der Waals surface area contributed by atoms with Gasteiger partial charge in [-0.3, -0.25) is 9.59 Å². The Kier molecular flexibility index (Phi) is 4.66. The van der Waals surface area contributed by atoms with Gasteiger partial charge >= 0.3 is 0 Å². The molecule has 1 amide bonds. The van der Waals surface area contributed by atoms with Gasteiger partial charge in [0.25, 0.3) is 5.91 Å². The van der Waals surface area contributed by atoms with Gasteiger partial charge in [0.1, 0.15) is 0 Å². The van der Waals surface area contributed by atoms with Crippen LogP contribution in [0.5, 0.6) is 0 Å². The highest BCUT2D eigenvalue weighted by Crippen LogP contribution is 2.06. The Morgan fingerprint density at radius 3 is 2.15 bits per heavy atom. The van der Waals surface area contributed by atoms with Gasteiger partial charge in [0.05, 0.1) is 6.54 Å². The van der Waals surface area contributed by atoms with E-state index in [1.165, 1.54) is 5.56 Å². The van der Waals surface area contributed by atoms with E-state index >= 15 is 0 Å². The van der Waals surface area contributed by atoms with Gasteiger partial charge in [-0.15, -0.1) is 0 Å². The molecule has 0 saturated carbocycles. The fraction of sp³-hybridized carbons (Fsp3) is 0.176. The van der Waals surface area contributed by atoms with Crippen LogP contribution in [0.25, 0.3) is 0 Å². The normalized spacial score (nSPS) is 10.1. The second kappa shape index (κ2) is 6.66. The Bertz CT molecular complexity index is 588. The lowest BCUT2D eigenvalue weighted by Crippen LogP contribution is -2.29. The van der Waals surface area contributed by atoms with E-state index in [1.807, 2.05) is 18.2 Å². The van der Waals surface area contributed by atoms with Crippen LogP contribution in [0.1, 0.15) is 33.2 Å². The molecule has 20 heavy (non-hydrogen) atoms. The van der Waals surface area contributed by atoms with Crippen LogP contribution in [0.3, 0.4) is 0 Å². The second-order valence-corrected chi connectivity index (χ2v) is 4.52. The SMILES string of the molecule is CCc1ccc(C(=O)CNC(=O)c2ccccc2)cc1. The molecule has 0 heterocycles. The molecule has 102 valence electrons. The maximum absolute atomic E-state index is 12.0. The molecule has 2 aromatic rings. The number of carbonyl (C=O) groups is 2. The zero-order chi connectivity index (χ0) is 14.4. The third-order valence-electron chi connectivity index (χ3n) is 3.13. The lowest BCUT2D eigenvalue weighted by molar-refractivity contribution is 0.0904. The minimum absolute atomic E-state index is 0.0131. The van der Waals surface area contributed by atoms with Crippen LogP contribution in [-0.4, -0.2) is 18.2 Å². The quantitative estimate of drug-likeness (QED) is 0.847. The number of Topliss-reactive ketones (excluding diaryl/α,β-unsaturated/α-hetero) is 1. The first kappa shape index (κ1) is 14.0. The minimum Gasteiger partial charge on any atom is -0.345 e. The number of carbonyl (C=O) groups excluding carboxylic acids is 2. The molecule has 0 bridgehead atoms. The fourth-order valence-electron chi connectivity index (χ4n) is 1.88. The zero-order valence-electron chi connectivity index (χ0n) is 11.4. The van der Waals surface area contributed by atoms with Crippen molar-refractivity contribution in [2.45, 2.75) is 13.3 Å². The smallest absolute Gasteiger partial charge is 0.251 e. The average Bonchev–Trinajstić information content (AvgIpc) is 2.53. The van der Waals surface area contributed by atoms with E-state index < -0.39 is 0 Å². The van der Waals surface area contributed by atoms with Gasteiger partial charge in [0.2, 0.25) is 0 Å². The lowest BCUT2D eigenvalue weighted by Gasteiger charge is -2.05. The summed E-state index contributed by atoms with van der Waals surface area (Å²) in [5, 5.41) is 2.64. The Morgan fingerprint density at radius 2 is 1.55 bits per heavy atom. The molecule has 0 aliphatic heterocycles. The highest BCUT2D eigenvalue weighted by molar-refractivity contribution is 6.02. The van der Waals surface area contributed by atoms with E-state index in [1.54, 1.807) is 36.4 Å². The Hall–Kier alpha value is -2.42. The molecule has 1 N–H and O–H groups in total. The molecule has 0 aliphatic carbocycles. The molecule has 0 saturated heterocycles. The van der Waals surface area contributed by atoms with Gasteiger partial charge in [-0.1, -0.05) is 49.4 Å². The molecule has 0 aromatic heterocycles. The van der Waals surface area contributed by atoms with E-state index in [9.17, 15) is 9.59 Å². The standard InChI is InChI=1S/C17H17NO2/c1-2-13-8-10-14(11-9-13)16(19)12-18-17(20)15-6-4-3-5-7-15/h3-11H,2,12H2,1H3,(H,18,20).